The summed E-state index contributed by atoms with van der Waals surface area (Å²) in [5.74, 6) is 0.0666. The number of nitrogens with one attached hydrogen (secondary N) is 2. The third kappa shape index (κ3) is 2.81. The Morgan fingerprint density at radius 1 is 1.08 bits per heavy atom. The van der Waals surface area contributed by atoms with E-state index >= 15 is 0 Å². The van der Waals surface area contributed by atoms with Gasteiger partial charge < -0.3 is 20.4 Å². The molecule has 138 valence electrons. The summed E-state index contributed by atoms with van der Waals surface area (Å²) >= 11 is 0. The van der Waals surface area contributed by atoms with E-state index in [0.717, 1.165) is 24.1 Å². The molecule has 3 heterocycles. The maximum atomic E-state index is 12.6. The van der Waals surface area contributed by atoms with Gasteiger partial charge >= 0.3 is 6.03 Å². The number of piperazine rings is 1. The number of amides is 4. The molecule has 1 aromatic rings. The first-order chi connectivity index (χ1) is 12.4. The highest BCUT2D eigenvalue weighted by atomic mass is 16.2. The molecule has 3 aliphatic rings. The average Bonchev–Trinajstić information content (AvgIpc) is 3.23. The number of benzene rings is 1. The van der Waals surface area contributed by atoms with Gasteiger partial charge in [0.05, 0.1) is 6.04 Å². The lowest BCUT2D eigenvalue weighted by atomic mass is 10.1. The lowest BCUT2D eigenvalue weighted by Gasteiger charge is -2.38. The summed E-state index contributed by atoms with van der Waals surface area (Å²) in [5, 5.41) is 5.74. The van der Waals surface area contributed by atoms with Crippen LogP contribution in [0.15, 0.2) is 18.2 Å². The number of anilines is 1. The van der Waals surface area contributed by atoms with Crippen LogP contribution in [0.3, 0.4) is 0 Å². The van der Waals surface area contributed by atoms with Crippen molar-refractivity contribution in [1.29, 1.82) is 0 Å². The Balaban J connectivity index is 1.39. The Kier molecular flexibility index (Phi) is 4.09. The fraction of sp³-hybridized carbons (Fsp3) is 0.526. The zero-order valence-electron chi connectivity index (χ0n) is 15.1. The second-order valence-electron chi connectivity index (χ2n) is 7.53. The third-order valence-electron chi connectivity index (χ3n) is 5.79. The van der Waals surface area contributed by atoms with Crippen LogP contribution in [0.4, 0.5) is 10.5 Å². The molecular weight excluding hydrogens is 332 g/mol. The van der Waals surface area contributed by atoms with E-state index in [1.54, 1.807) is 9.80 Å². The van der Waals surface area contributed by atoms with E-state index in [9.17, 15) is 14.4 Å². The Bertz CT molecular complexity index is 748. The molecule has 3 aliphatic heterocycles. The molecule has 3 saturated heterocycles. The lowest BCUT2D eigenvalue weighted by Crippen LogP contribution is -2.60. The number of hydrogen-bond acceptors (Lipinski definition) is 3. The molecule has 7 heteroatoms. The van der Waals surface area contributed by atoms with Crippen molar-refractivity contribution in [1.82, 2.24) is 15.1 Å². The average molecular weight is 356 g/mol. The van der Waals surface area contributed by atoms with Crippen LogP contribution in [0.5, 0.6) is 0 Å². The summed E-state index contributed by atoms with van der Waals surface area (Å²) in [6.07, 6.45) is 2.12. The highest BCUT2D eigenvalue weighted by Crippen LogP contribution is 2.32. The number of nitrogens with zero attached hydrogens (tertiary/aromatic N) is 2. The quantitative estimate of drug-likeness (QED) is 0.840. The van der Waals surface area contributed by atoms with Gasteiger partial charge in [0.1, 0.15) is 12.1 Å². The molecule has 0 saturated carbocycles. The first-order valence-electron chi connectivity index (χ1n) is 9.20. The molecule has 3 fully saturated rings. The van der Waals surface area contributed by atoms with Crippen molar-refractivity contribution in [3.05, 3.63) is 29.3 Å². The van der Waals surface area contributed by atoms with Crippen LogP contribution < -0.4 is 10.6 Å². The third-order valence-corrected chi connectivity index (χ3v) is 5.79. The number of rotatable bonds is 2. The minimum absolute atomic E-state index is 0.0333. The number of fused-ring (bicyclic) bond motifs is 2. The number of carbonyl (C=O) groups is 3. The maximum absolute atomic E-state index is 12.6. The molecule has 0 aliphatic carbocycles. The van der Waals surface area contributed by atoms with Gasteiger partial charge in [-0.25, -0.2) is 4.79 Å². The van der Waals surface area contributed by atoms with E-state index in [0.29, 0.717) is 19.5 Å². The molecular formula is C19H24N4O3. The Morgan fingerprint density at radius 2 is 1.85 bits per heavy atom. The first kappa shape index (κ1) is 16.9. The van der Waals surface area contributed by atoms with Crippen LogP contribution in [0.1, 0.15) is 30.4 Å². The predicted molar refractivity (Wildman–Crippen MR) is 96.7 cm³/mol. The van der Waals surface area contributed by atoms with Crippen molar-refractivity contribution >= 4 is 23.5 Å². The lowest BCUT2D eigenvalue weighted by molar-refractivity contribution is -0.156. The summed E-state index contributed by atoms with van der Waals surface area (Å²) in [6, 6.07) is 4.52. The largest absolute Gasteiger partial charge is 0.333 e. The van der Waals surface area contributed by atoms with E-state index in [1.165, 1.54) is 5.56 Å². The zero-order valence-corrected chi connectivity index (χ0v) is 15.1. The van der Waals surface area contributed by atoms with Crippen molar-refractivity contribution in [2.24, 2.45) is 0 Å². The van der Waals surface area contributed by atoms with Gasteiger partial charge in [-0.3, -0.25) is 9.59 Å². The Hall–Kier alpha value is -2.57. The molecule has 7 nitrogen and oxygen atoms in total. The fourth-order valence-electron chi connectivity index (χ4n) is 4.26. The topological polar surface area (TPSA) is 81.8 Å². The van der Waals surface area contributed by atoms with E-state index in [4.69, 9.17) is 0 Å². The fourth-order valence-corrected chi connectivity index (χ4v) is 4.26. The molecule has 3 atom stereocenters. The first-order valence-corrected chi connectivity index (χ1v) is 9.20. The summed E-state index contributed by atoms with van der Waals surface area (Å²) < 4.78 is 0. The highest BCUT2D eigenvalue weighted by molar-refractivity contribution is 5.98. The standard InChI is InChI=1S/C19H24N4O3/c1-11-5-6-13(8-12(11)2)20-19(26)21-14-9-16-18(25)22-7-3-4-15(22)17(24)23(16)10-14/h5-6,8,14-16H,3-4,7,9-10H2,1-2H3,(H2,20,21,26)/t14-,15+,16-/m0/s1. The molecule has 4 amide bonds. The van der Waals surface area contributed by atoms with Gasteiger partial charge in [-0.1, -0.05) is 6.07 Å². The Morgan fingerprint density at radius 3 is 2.62 bits per heavy atom. The van der Waals surface area contributed by atoms with Crippen LogP contribution >= 0.6 is 0 Å². The highest BCUT2D eigenvalue weighted by Gasteiger charge is 2.51. The second kappa shape index (κ2) is 6.30. The molecule has 0 spiro atoms. The normalized spacial score (nSPS) is 27.4. The smallest absolute Gasteiger partial charge is 0.319 e. The van der Waals surface area contributed by atoms with Crippen molar-refractivity contribution in [3.8, 4) is 0 Å². The summed E-state index contributed by atoms with van der Waals surface area (Å²) in [7, 11) is 0. The molecule has 4 rings (SSSR count). The van der Waals surface area contributed by atoms with Gasteiger partial charge in [-0.05, 0) is 56.4 Å². The maximum Gasteiger partial charge on any atom is 0.319 e. The van der Waals surface area contributed by atoms with Gasteiger partial charge in [0, 0.05) is 18.8 Å². The van der Waals surface area contributed by atoms with Crippen molar-refractivity contribution < 1.29 is 14.4 Å². The van der Waals surface area contributed by atoms with Crippen LogP contribution in [-0.2, 0) is 9.59 Å². The van der Waals surface area contributed by atoms with Crippen LogP contribution in [0.2, 0.25) is 0 Å². The van der Waals surface area contributed by atoms with Gasteiger partial charge in [0.25, 0.3) is 0 Å². The molecule has 0 bridgehead atoms. The summed E-state index contributed by atoms with van der Waals surface area (Å²) in [6.45, 7) is 5.09. The number of hydrogen-bond donors (Lipinski definition) is 2. The Labute approximate surface area is 152 Å². The van der Waals surface area contributed by atoms with Crippen LogP contribution in [0, 0.1) is 13.8 Å². The minimum atomic E-state index is -0.427. The van der Waals surface area contributed by atoms with E-state index in [1.807, 2.05) is 32.0 Å². The molecule has 0 aromatic heterocycles. The predicted octanol–water partition coefficient (Wildman–Crippen LogP) is 1.40. The number of urea groups is 1. The molecule has 0 unspecified atom stereocenters. The minimum Gasteiger partial charge on any atom is -0.333 e. The summed E-state index contributed by atoms with van der Waals surface area (Å²) in [5.41, 5.74) is 3.01. The second-order valence-corrected chi connectivity index (χ2v) is 7.53. The van der Waals surface area contributed by atoms with E-state index in [-0.39, 0.29) is 29.9 Å². The van der Waals surface area contributed by atoms with Crippen molar-refractivity contribution in [2.45, 2.75) is 51.2 Å². The molecule has 0 radical (unpaired) electrons. The number of carbonyl (C=O) groups excluding carboxylic acids is 3. The monoisotopic (exact) mass is 356 g/mol. The van der Waals surface area contributed by atoms with Crippen LogP contribution in [0.25, 0.3) is 0 Å². The van der Waals surface area contributed by atoms with Gasteiger partial charge in [-0.15, -0.1) is 0 Å². The van der Waals surface area contributed by atoms with Crippen molar-refractivity contribution in [2.75, 3.05) is 18.4 Å². The molecule has 26 heavy (non-hydrogen) atoms. The van der Waals surface area contributed by atoms with Gasteiger partial charge in [0.2, 0.25) is 11.8 Å². The molecule has 2 N–H and O–H groups in total. The number of aryl methyl sites for hydroxylation is 2. The van der Waals surface area contributed by atoms with E-state index < -0.39 is 6.04 Å². The van der Waals surface area contributed by atoms with Crippen molar-refractivity contribution in [3.63, 3.8) is 0 Å². The van der Waals surface area contributed by atoms with E-state index in [2.05, 4.69) is 10.6 Å². The van der Waals surface area contributed by atoms with Gasteiger partial charge in [0.15, 0.2) is 0 Å². The SMILES string of the molecule is Cc1ccc(NC(=O)N[C@H]2C[C@H]3C(=O)N4CCC[C@@H]4C(=O)N3C2)cc1C. The molecule has 1 aromatic carbocycles. The summed E-state index contributed by atoms with van der Waals surface area (Å²) in [4.78, 5) is 41.0. The van der Waals surface area contributed by atoms with Gasteiger partial charge in [-0.2, -0.15) is 0 Å². The zero-order chi connectivity index (χ0) is 18.4. The van der Waals surface area contributed by atoms with Crippen LogP contribution in [-0.4, -0.2) is 58.9 Å².